The Kier molecular flexibility index (Phi) is 6.03. The first-order valence-corrected chi connectivity index (χ1v) is 9.02. The van der Waals surface area contributed by atoms with Crippen molar-refractivity contribution in [1.82, 2.24) is 10.1 Å². The molecule has 7 heteroatoms. The number of carbonyl (C=O) groups excluding carboxylic acids is 1. The first-order valence-electron chi connectivity index (χ1n) is 9.02. The second kappa shape index (κ2) is 8.65. The molecule has 0 saturated carbocycles. The number of carbonyl (C=O) groups is 1. The van der Waals surface area contributed by atoms with Crippen molar-refractivity contribution in [3.8, 4) is 17.1 Å². The number of aromatic nitrogens is 2. The van der Waals surface area contributed by atoms with Gasteiger partial charge in [-0.15, -0.1) is 0 Å². The summed E-state index contributed by atoms with van der Waals surface area (Å²) in [4.78, 5) is 16.5. The van der Waals surface area contributed by atoms with Gasteiger partial charge in [0, 0.05) is 24.5 Å². The number of nitrogens with one attached hydrogen (secondary N) is 1. The second-order valence-electron chi connectivity index (χ2n) is 6.68. The van der Waals surface area contributed by atoms with Gasteiger partial charge in [0.15, 0.2) is 0 Å². The summed E-state index contributed by atoms with van der Waals surface area (Å²) in [7, 11) is 1.41. The maximum atomic E-state index is 13.2. The smallest absolute Gasteiger partial charge is 0.227 e. The summed E-state index contributed by atoms with van der Waals surface area (Å²) in [6.45, 7) is 4.27. The van der Waals surface area contributed by atoms with E-state index in [4.69, 9.17) is 9.26 Å². The van der Waals surface area contributed by atoms with Gasteiger partial charge in [-0.05, 0) is 23.6 Å². The van der Waals surface area contributed by atoms with E-state index in [1.165, 1.54) is 30.9 Å². The molecule has 28 heavy (non-hydrogen) atoms. The molecule has 0 unspecified atom stereocenters. The van der Waals surface area contributed by atoms with Crippen molar-refractivity contribution in [2.75, 3.05) is 12.4 Å². The van der Waals surface area contributed by atoms with Crippen LogP contribution in [0.15, 0.2) is 47.0 Å². The number of rotatable bonds is 7. The molecule has 0 spiro atoms. The van der Waals surface area contributed by atoms with Crippen LogP contribution in [0.2, 0.25) is 0 Å². The molecule has 1 amide bonds. The molecule has 0 aliphatic rings. The molecule has 3 rings (SSSR count). The largest absolute Gasteiger partial charge is 0.494 e. The topological polar surface area (TPSA) is 77.2 Å². The monoisotopic (exact) mass is 383 g/mol. The molecule has 0 saturated heterocycles. The van der Waals surface area contributed by atoms with Crippen LogP contribution in [0, 0.1) is 5.82 Å². The van der Waals surface area contributed by atoms with E-state index >= 15 is 0 Å². The zero-order valence-electron chi connectivity index (χ0n) is 16.0. The van der Waals surface area contributed by atoms with E-state index in [9.17, 15) is 9.18 Å². The Balaban J connectivity index is 1.59. The number of hydrogen-bond donors (Lipinski definition) is 1. The SMILES string of the molecule is COc1cc(F)ccc1NC(=O)CCc1nc(-c2ccc(C(C)C)cc2)no1. The Bertz CT molecular complexity index is 952. The van der Waals surface area contributed by atoms with Gasteiger partial charge < -0.3 is 14.6 Å². The van der Waals surface area contributed by atoms with Crippen LogP contribution in [0.1, 0.15) is 37.6 Å². The molecule has 1 aromatic heterocycles. The summed E-state index contributed by atoms with van der Waals surface area (Å²) in [5, 5.41) is 6.67. The molecule has 0 atom stereocenters. The van der Waals surface area contributed by atoms with Crippen molar-refractivity contribution in [3.05, 3.63) is 59.7 Å². The number of methoxy groups -OCH3 is 1. The highest BCUT2D eigenvalue weighted by Crippen LogP contribution is 2.25. The molecule has 0 bridgehead atoms. The van der Waals surface area contributed by atoms with Crippen molar-refractivity contribution >= 4 is 11.6 Å². The lowest BCUT2D eigenvalue weighted by atomic mass is 10.0. The van der Waals surface area contributed by atoms with Gasteiger partial charge in [-0.2, -0.15) is 4.98 Å². The summed E-state index contributed by atoms with van der Waals surface area (Å²) >= 11 is 0. The molecular weight excluding hydrogens is 361 g/mol. The number of amides is 1. The number of halogens is 1. The van der Waals surface area contributed by atoms with Crippen LogP contribution in [-0.2, 0) is 11.2 Å². The van der Waals surface area contributed by atoms with Crippen LogP contribution in [0.25, 0.3) is 11.4 Å². The van der Waals surface area contributed by atoms with Crippen molar-refractivity contribution in [2.45, 2.75) is 32.6 Å². The molecular formula is C21H22FN3O3. The maximum Gasteiger partial charge on any atom is 0.227 e. The molecule has 0 aliphatic carbocycles. The summed E-state index contributed by atoms with van der Waals surface area (Å²) in [5.41, 5.74) is 2.51. The zero-order valence-corrected chi connectivity index (χ0v) is 16.0. The predicted octanol–water partition coefficient (Wildman–Crippen LogP) is 4.58. The van der Waals surface area contributed by atoms with E-state index in [0.29, 0.717) is 29.7 Å². The minimum absolute atomic E-state index is 0.147. The summed E-state index contributed by atoms with van der Waals surface area (Å²) in [5.74, 6) is 0.891. The third-order valence-corrected chi connectivity index (χ3v) is 4.31. The number of benzene rings is 2. The molecule has 0 aliphatic heterocycles. The fourth-order valence-corrected chi connectivity index (χ4v) is 2.69. The van der Waals surface area contributed by atoms with Crippen molar-refractivity contribution < 1.29 is 18.4 Å². The van der Waals surface area contributed by atoms with Gasteiger partial charge in [-0.25, -0.2) is 4.39 Å². The minimum Gasteiger partial charge on any atom is -0.494 e. The van der Waals surface area contributed by atoms with Gasteiger partial charge in [-0.3, -0.25) is 4.79 Å². The number of hydrogen-bond acceptors (Lipinski definition) is 5. The third kappa shape index (κ3) is 4.73. The highest BCUT2D eigenvalue weighted by Gasteiger charge is 2.13. The standard InChI is InChI=1S/C21H22FN3O3/c1-13(2)14-4-6-15(7-5-14)21-24-20(28-25-21)11-10-19(26)23-17-9-8-16(22)12-18(17)27-3/h4-9,12-13H,10-11H2,1-3H3,(H,23,26). The van der Waals surface area contributed by atoms with Gasteiger partial charge in [0.1, 0.15) is 11.6 Å². The van der Waals surface area contributed by atoms with E-state index < -0.39 is 5.82 Å². The Hall–Kier alpha value is -3.22. The van der Waals surface area contributed by atoms with E-state index in [-0.39, 0.29) is 18.1 Å². The highest BCUT2D eigenvalue weighted by atomic mass is 19.1. The number of aryl methyl sites for hydroxylation is 1. The number of anilines is 1. The third-order valence-electron chi connectivity index (χ3n) is 4.31. The molecule has 1 heterocycles. The quantitative estimate of drug-likeness (QED) is 0.646. The fraction of sp³-hybridized carbons (Fsp3) is 0.286. The van der Waals surface area contributed by atoms with Crippen molar-refractivity contribution in [3.63, 3.8) is 0 Å². The second-order valence-corrected chi connectivity index (χ2v) is 6.68. The lowest BCUT2D eigenvalue weighted by Gasteiger charge is -2.09. The van der Waals surface area contributed by atoms with E-state index in [0.717, 1.165) is 5.56 Å². The molecule has 6 nitrogen and oxygen atoms in total. The Labute approximate surface area is 162 Å². The summed E-state index contributed by atoms with van der Waals surface area (Å²) in [6, 6.07) is 11.9. The van der Waals surface area contributed by atoms with Crippen LogP contribution < -0.4 is 10.1 Å². The fourth-order valence-electron chi connectivity index (χ4n) is 2.69. The molecule has 2 aromatic carbocycles. The lowest BCUT2D eigenvalue weighted by Crippen LogP contribution is -2.13. The molecule has 0 fully saturated rings. The van der Waals surface area contributed by atoms with Crippen LogP contribution in [-0.4, -0.2) is 23.2 Å². The molecule has 0 radical (unpaired) electrons. The average Bonchev–Trinajstić information content (AvgIpc) is 3.17. The summed E-state index contributed by atoms with van der Waals surface area (Å²) < 4.78 is 23.5. The molecule has 1 N–H and O–H groups in total. The molecule has 3 aromatic rings. The van der Waals surface area contributed by atoms with Crippen molar-refractivity contribution in [1.29, 1.82) is 0 Å². The first-order chi connectivity index (χ1) is 13.5. The predicted molar refractivity (Wildman–Crippen MR) is 104 cm³/mol. The van der Waals surface area contributed by atoms with Crippen LogP contribution in [0.3, 0.4) is 0 Å². The number of nitrogens with zero attached hydrogens (tertiary/aromatic N) is 2. The molecule has 146 valence electrons. The van der Waals surface area contributed by atoms with Crippen LogP contribution in [0.4, 0.5) is 10.1 Å². The van der Waals surface area contributed by atoms with Gasteiger partial charge in [0.2, 0.25) is 17.6 Å². The van der Waals surface area contributed by atoms with Crippen LogP contribution in [0.5, 0.6) is 5.75 Å². The normalized spacial score (nSPS) is 10.9. The van der Waals surface area contributed by atoms with Gasteiger partial charge in [-0.1, -0.05) is 43.3 Å². The van der Waals surface area contributed by atoms with E-state index in [1.807, 2.05) is 24.3 Å². The van der Waals surface area contributed by atoms with Crippen molar-refractivity contribution in [2.24, 2.45) is 0 Å². The van der Waals surface area contributed by atoms with Gasteiger partial charge >= 0.3 is 0 Å². The number of ether oxygens (including phenoxy) is 1. The van der Waals surface area contributed by atoms with Crippen LogP contribution >= 0.6 is 0 Å². The summed E-state index contributed by atoms with van der Waals surface area (Å²) in [6.07, 6.45) is 0.445. The Morgan fingerprint density at radius 2 is 1.96 bits per heavy atom. The van der Waals surface area contributed by atoms with E-state index in [2.05, 4.69) is 29.3 Å². The zero-order chi connectivity index (χ0) is 20.1. The average molecular weight is 383 g/mol. The Morgan fingerprint density at radius 3 is 2.64 bits per heavy atom. The Morgan fingerprint density at radius 1 is 1.21 bits per heavy atom. The van der Waals surface area contributed by atoms with E-state index in [1.54, 1.807) is 0 Å². The van der Waals surface area contributed by atoms with Gasteiger partial charge in [0.05, 0.1) is 12.8 Å². The maximum absolute atomic E-state index is 13.2. The lowest BCUT2D eigenvalue weighted by molar-refractivity contribution is -0.116. The highest BCUT2D eigenvalue weighted by molar-refractivity contribution is 5.92. The van der Waals surface area contributed by atoms with Gasteiger partial charge in [0.25, 0.3) is 0 Å². The first kappa shape index (κ1) is 19.5. The minimum atomic E-state index is -0.435.